The number of aromatic nitrogens is 2. The molecule has 2 N–H and O–H groups in total. The largest absolute Gasteiger partial charge is 0.465 e. The number of benzene rings is 1. The molecule has 1 aromatic carbocycles. The van der Waals surface area contributed by atoms with Crippen molar-refractivity contribution in [2.75, 3.05) is 31.1 Å². The Morgan fingerprint density at radius 3 is 2.56 bits per heavy atom. The molecule has 3 aromatic rings. The van der Waals surface area contributed by atoms with Gasteiger partial charge in [-0.05, 0) is 18.1 Å². The topological polar surface area (TPSA) is 72.5 Å². The van der Waals surface area contributed by atoms with Gasteiger partial charge < -0.3 is 19.9 Å². The van der Waals surface area contributed by atoms with Crippen molar-refractivity contribution in [1.82, 2.24) is 14.9 Å². The molecular weight excluding hydrogens is 316 g/mol. The van der Waals surface area contributed by atoms with Crippen LogP contribution in [0.1, 0.15) is 5.56 Å². The van der Waals surface area contributed by atoms with Gasteiger partial charge in [0.05, 0.1) is 5.69 Å². The second-order valence-electron chi connectivity index (χ2n) is 6.34. The number of pyridine rings is 1. The van der Waals surface area contributed by atoms with E-state index in [2.05, 4.69) is 33.9 Å². The fraction of sp³-hybridized carbons (Fsp3) is 0.263. The summed E-state index contributed by atoms with van der Waals surface area (Å²) in [5, 5.41) is 10.3. The molecule has 6 nitrogen and oxygen atoms in total. The summed E-state index contributed by atoms with van der Waals surface area (Å²) in [5.41, 5.74) is 5.36. The normalized spacial score (nSPS) is 14.9. The number of nitrogens with one attached hydrogen (secondary N) is 1. The van der Waals surface area contributed by atoms with Gasteiger partial charge in [0.15, 0.2) is 0 Å². The van der Waals surface area contributed by atoms with Crippen LogP contribution in [-0.2, 0) is 0 Å². The second-order valence-corrected chi connectivity index (χ2v) is 6.34. The molecule has 1 saturated heterocycles. The van der Waals surface area contributed by atoms with Crippen molar-refractivity contribution in [1.29, 1.82) is 0 Å². The van der Waals surface area contributed by atoms with Gasteiger partial charge >= 0.3 is 6.09 Å². The van der Waals surface area contributed by atoms with Crippen LogP contribution < -0.4 is 4.90 Å². The highest BCUT2D eigenvalue weighted by molar-refractivity contribution is 6.00. The lowest BCUT2D eigenvalue weighted by atomic mass is 10.0. The Bertz CT molecular complexity index is 912. The molecule has 6 heteroatoms. The van der Waals surface area contributed by atoms with Crippen molar-refractivity contribution in [3.63, 3.8) is 0 Å². The van der Waals surface area contributed by atoms with E-state index in [1.807, 2.05) is 30.6 Å². The third kappa shape index (κ3) is 2.69. The highest BCUT2D eigenvalue weighted by atomic mass is 16.4. The zero-order chi connectivity index (χ0) is 17.4. The lowest BCUT2D eigenvalue weighted by Gasteiger charge is -2.36. The number of piperazine rings is 1. The minimum Gasteiger partial charge on any atom is -0.465 e. The molecule has 0 unspecified atom stereocenters. The van der Waals surface area contributed by atoms with Crippen LogP contribution in [0, 0.1) is 6.92 Å². The lowest BCUT2D eigenvalue weighted by Crippen LogP contribution is -2.48. The minimum absolute atomic E-state index is 0.511. The predicted octanol–water partition coefficient (Wildman–Crippen LogP) is 3.34. The van der Waals surface area contributed by atoms with Gasteiger partial charge in [-0.2, -0.15) is 0 Å². The van der Waals surface area contributed by atoms with Crippen LogP contribution in [0.2, 0.25) is 0 Å². The standard InChI is InChI=1S/C19H20N4O2/c1-13-11-20-18-16(13)17(22-7-9-23(10-8-22)19(24)25)15(12-21-18)14-5-3-2-4-6-14/h2-6,11-12H,7-10H2,1H3,(H,20,21)(H,24,25). The fourth-order valence-corrected chi connectivity index (χ4v) is 3.51. The molecule has 128 valence electrons. The molecule has 1 aliphatic heterocycles. The number of H-pyrrole nitrogens is 1. The van der Waals surface area contributed by atoms with Crippen LogP contribution in [0.3, 0.4) is 0 Å². The van der Waals surface area contributed by atoms with Crippen molar-refractivity contribution >= 4 is 22.8 Å². The van der Waals surface area contributed by atoms with Gasteiger partial charge in [0.2, 0.25) is 0 Å². The molecule has 0 bridgehead atoms. The molecule has 4 rings (SSSR count). The van der Waals surface area contributed by atoms with Gasteiger partial charge in [0, 0.05) is 49.5 Å². The monoisotopic (exact) mass is 336 g/mol. The second kappa shape index (κ2) is 6.12. The highest BCUT2D eigenvalue weighted by Crippen LogP contribution is 2.38. The molecule has 0 aliphatic carbocycles. The third-order valence-electron chi connectivity index (χ3n) is 4.82. The van der Waals surface area contributed by atoms with Gasteiger partial charge in [0.1, 0.15) is 5.65 Å². The number of carbonyl (C=O) groups is 1. The minimum atomic E-state index is -0.847. The van der Waals surface area contributed by atoms with Crippen LogP contribution in [0.25, 0.3) is 22.2 Å². The SMILES string of the molecule is Cc1c[nH]c2ncc(-c3ccccc3)c(N3CCN(C(=O)O)CC3)c12. The van der Waals surface area contributed by atoms with Crippen molar-refractivity contribution < 1.29 is 9.90 Å². The molecule has 1 fully saturated rings. The maximum absolute atomic E-state index is 11.2. The molecular formula is C19H20N4O2. The number of anilines is 1. The van der Waals surface area contributed by atoms with E-state index in [4.69, 9.17) is 0 Å². The number of aryl methyl sites for hydroxylation is 1. The maximum atomic E-state index is 11.2. The van der Waals surface area contributed by atoms with Crippen LogP contribution in [0.5, 0.6) is 0 Å². The summed E-state index contributed by atoms with van der Waals surface area (Å²) in [6.07, 6.45) is 3.04. The first-order valence-electron chi connectivity index (χ1n) is 8.40. The zero-order valence-electron chi connectivity index (χ0n) is 14.1. The Morgan fingerprint density at radius 1 is 1.16 bits per heavy atom. The van der Waals surface area contributed by atoms with E-state index in [1.165, 1.54) is 4.90 Å². The Kier molecular flexibility index (Phi) is 3.80. The first kappa shape index (κ1) is 15.5. The van der Waals surface area contributed by atoms with Crippen LogP contribution >= 0.6 is 0 Å². The Balaban J connectivity index is 1.83. The smallest absolute Gasteiger partial charge is 0.407 e. The number of aromatic amines is 1. The average Bonchev–Trinajstić information content (AvgIpc) is 3.03. The number of nitrogens with zero attached hydrogens (tertiary/aromatic N) is 3. The third-order valence-corrected chi connectivity index (χ3v) is 4.82. The molecule has 0 radical (unpaired) electrons. The number of hydrogen-bond donors (Lipinski definition) is 2. The summed E-state index contributed by atoms with van der Waals surface area (Å²) < 4.78 is 0. The van der Waals surface area contributed by atoms with Crippen LogP contribution in [-0.4, -0.2) is 52.2 Å². The van der Waals surface area contributed by atoms with E-state index in [-0.39, 0.29) is 0 Å². The Labute approximate surface area is 145 Å². The lowest BCUT2D eigenvalue weighted by molar-refractivity contribution is 0.142. The number of amides is 1. The van der Waals surface area contributed by atoms with Crippen molar-refractivity contribution in [3.8, 4) is 11.1 Å². The van der Waals surface area contributed by atoms with Crippen molar-refractivity contribution in [2.24, 2.45) is 0 Å². The average molecular weight is 336 g/mol. The van der Waals surface area contributed by atoms with Gasteiger partial charge in [-0.15, -0.1) is 0 Å². The first-order valence-corrected chi connectivity index (χ1v) is 8.40. The van der Waals surface area contributed by atoms with Crippen LogP contribution in [0.15, 0.2) is 42.7 Å². The number of rotatable bonds is 2. The summed E-state index contributed by atoms with van der Waals surface area (Å²) in [6.45, 7) is 4.45. The van der Waals surface area contributed by atoms with E-state index in [9.17, 15) is 9.90 Å². The molecule has 0 spiro atoms. The Morgan fingerprint density at radius 2 is 1.88 bits per heavy atom. The summed E-state index contributed by atoms with van der Waals surface area (Å²) in [5.74, 6) is 0. The number of hydrogen-bond acceptors (Lipinski definition) is 3. The molecule has 1 amide bonds. The highest BCUT2D eigenvalue weighted by Gasteiger charge is 2.25. The number of fused-ring (bicyclic) bond motifs is 1. The maximum Gasteiger partial charge on any atom is 0.407 e. The van der Waals surface area contributed by atoms with E-state index in [1.54, 1.807) is 0 Å². The molecule has 3 heterocycles. The van der Waals surface area contributed by atoms with Gasteiger partial charge in [-0.3, -0.25) is 0 Å². The van der Waals surface area contributed by atoms with E-state index in [0.29, 0.717) is 26.2 Å². The molecule has 2 aromatic heterocycles. The van der Waals surface area contributed by atoms with E-state index in [0.717, 1.165) is 33.4 Å². The fourth-order valence-electron chi connectivity index (χ4n) is 3.51. The van der Waals surface area contributed by atoms with Crippen LogP contribution in [0.4, 0.5) is 10.5 Å². The summed E-state index contributed by atoms with van der Waals surface area (Å²) >= 11 is 0. The molecule has 0 saturated carbocycles. The van der Waals surface area contributed by atoms with Crippen molar-refractivity contribution in [2.45, 2.75) is 6.92 Å². The number of carboxylic acid groups (broad SMARTS) is 1. The molecule has 25 heavy (non-hydrogen) atoms. The molecule has 1 aliphatic rings. The molecule has 0 atom stereocenters. The Hall–Kier alpha value is -3.02. The van der Waals surface area contributed by atoms with E-state index >= 15 is 0 Å². The van der Waals surface area contributed by atoms with Gasteiger partial charge in [-0.1, -0.05) is 30.3 Å². The summed E-state index contributed by atoms with van der Waals surface area (Å²) in [7, 11) is 0. The van der Waals surface area contributed by atoms with Gasteiger partial charge in [0.25, 0.3) is 0 Å². The zero-order valence-corrected chi connectivity index (χ0v) is 14.1. The van der Waals surface area contributed by atoms with Crippen molar-refractivity contribution in [3.05, 3.63) is 48.3 Å². The van der Waals surface area contributed by atoms with E-state index < -0.39 is 6.09 Å². The predicted molar refractivity (Wildman–Crippen MR) is 98.1 cm³/mol. The van der Waals surface area contributed by atoms with Gasteiger partial charge in [-0.25, -0.2) is 9.78 Å². The summed E-state index contributed by atoms with van der Waals surface area (Å²) in [4.78, 5) is 22.8. The quantitative estimate of drug-likeness (QED) is 0.753. The summed E-state index contributed by atoms with van der Waals surface area (Å²) in [6, 6.07) is 10.2. The first-order chi connectivity index (χ1) is 12.1.